The number of aromatic amines is 1. The van der Waals surface area contributed by atoms with Crippen LogP contribution >= 0.6 is 11.6 Å². The molecule has 1 aliphatic rings. The third-order valence-electron chi connectivity index (χ3n) is 4.79. The molecule has 0 saturated heterocycles. The minimum Gasteiger partial charge on any atom is -0.493 e. The molecule has 8 heteroatoms. The van der Waals surface area contributed by atoms with Crippen molar-refractivity contribution < 1.29 is 9.50 Å². The third kappa shape index (κ3) is 3.24. The zero-order valence-corrected chi connectivity index (χ0v) is 16.0. The average Bonchev–Trinajstić information content (AvgIpc) is 3.22. The highest BCUT2D eigenvalue weighted by Gasteiger charge is 2.19. The van der Waals surface area contributed by atoms with E-state index in [9.17, 15) is 14.3 Å². The van der Waals surface area contributed by atoms with Gasteiger partial charge < -0.3 is 10.1 Å². The number of imidazole rings is 1. The molecule has 0 atom stereocenters. The number of nitrogens with zero attached hydrogens (tertiary/aromatic N) is 3. The molecule has 2 N–H and O–H groups in total. The molecule has 0 aliphatic carbocycles. The number of fused-ring (bicyclic) bond motifs is 1. The van der Waals surface area contributed by atoms with Gasteiger partial charge in [-0.05, 0) is 42.3 Å². The summed E-state index contributed by atoms with van der Waals surface area (Å²) < 4.78 is 14.9. The van der Waals surface area contributed by atoms with Gasteiger partial charge in [0.2, 0.25) is 5.88 Å². The second-order valence-corrected chi connectivity index (χ2v) is 7.01. The molecular weight excluding hydrogens is 395 g/mol. The van der Waals surface area contributed by atoms with Gasteiger partial charge in [-0.3, -0.25) is 9.56 Å². The van der Waals surface area contributed by atoms with Crippen molar-refractivity contribution in [2.24, 2.45) is 4.99 Å². The maximum atomic E-state index is 13.8. The van der Waals surface area contributed by atoms with Crippen LogP contribution in [0.25, 0.3) is 11.6 Å². The van der Waals surface area contributed by atoms with E-state index in [1.807, 2.05) is 13.0 Å². The topological polar surface area (TPSA) is 94.2 Å². The molecule has 6 nitrogen and oxygen atoms in total. The first-order valence-electron chi connectivity index (χ1n) is 8.64. The Kier molecular flexibility index (Phi) is 4.57. The van der Waals surface area contributed by atoms with Gasteiger partial charge in [0.25, 0.3) is 0 Å². The average molecular weight is 409 g/mol. The highest BCUT2D eigenvalue weighted by molar-refractivity contribution is 6.32. The zero-order valence-electron chi connectivity index (χ0n) is 15.2. The number of aromatic nitrogens is 2. The van der Waals surface area contributed by atoms with Crippen LogP contribution in [0.15, 0.2) is 40.1 Å². The van der Waals surface area contributed by atoms with Gasteiger partial charge in [-0.2, -0.15) is 5.26 Å². The van der Waals surface area contributed by atoms with Gasteiger partial charge in [0.05, 0.1) is 17.8 Å². The van der Waals surface area contributed by atoms with Crippen LogP contribution in [0.5, 0.6) is 5.88 Å². The zero-order chi connectivity index (χ0) is 20.7. The van der Waals surface area contributed by atoms with Gasteiger partial charge in [0.1, 0.15) is 17.6 Å². The van der Waals surface area contributed by atoms with E-state index in [0.717, 1.165) is 21.4 Å². The number of nitriles is 1. The van der Waals surface area contributed by atoms with E-state index in [4.69, 9.17) is 16.9 Å². The number of rotatable bonds is 3. The molecule has 0 spiro atoms. The van der Waals surface area contributed by atoms with Crippen molar-refractivity contribution in [3.05, 3.63) is 79.6 Å². The minimum atomic E-state index is -0.678. The third-order valence-corrected chi connectivity index (χ3v) is 5.20. The molecule has 144 valence electrons. The Balaban J connectivity index is 1.70. The second kappa shape index (κ2) is 7.08. The number of halogens is 2. The molecule has 0 radical (unpaired) electrons. The molecular formula is C21H14ClFN4O2. The molecule has 0 saturated carbocycles. The number of H-pyrrole nitrogens is 1. The van der Waals surface area contributed by atoms with Crippen molar-refractivity contribution in [3.63, 3.8) is 0 Å². The maximum absolute atomic E-state index is 13.8. The first kappa shape index (κ1) is 18.7. The number of nitrogens with one attached hydrogen (secondary N) is 1. The largest absolute Gasteiger partial charge is 0.493 e. The fraction of sp³-hybridized carbons (Fsp3) is 0.0952. The molecule has 29 heavy (non-hydrogen) atoms. The highest BCUT2D eigenvalue weighted by atomic mass is 35.5. The molecule has 2 aromatic carbocycles. The summed E-state index contributed by atoms with van der Waals surface area (Å²) in [6, 6.07) is 9.38. The monoisotopic (exact) mass is 408 g/mol. The molecule has 3 aromatic rings. The quantitative estimate of drug-likeness (QED) is 0.681. The van der Waals surface area contributed by atoms with Gasteiger partial charge >= 0.3 is 5.69 Å². The van der Waals surface area contributed by atoms with Crippen LogP contribution in [0.2, 0.25) is 5.02 Å². The molecule has 2 heterocycles. The summed E-state index contributed by atoms with van der Waals surface area (Å²) in [5.41, 5.74) is 3.18. The van der Waals surface area contributed by atoms with E-state index >= 15 is 0 Å². The lowest BCUT2D eigenvalue weighted by molar-refractivity contribution is 0.420. The Morgan fingerprint density at radius 2 is 2.17 bits per heavy atom. The normalized spacial score (nSPS) is 13.7. The summed E-state index contributed by atoms with van der Waals surface area (Å²) in [6.07, 6.45) is 3.26. The minimum absolute atomic E-state index is 0.0492. The molecule has 4 rings (SSSR count). The van der Waals surface area contributed by atoms with E-state index in [1.54, 1.807) is 24.4 Å². The Labute approximate surface area is 169 Å². The van der Waals surface area contributed by atoms with Crippen molar-refractivity contribution in [2.45, 2.75) is 13.5 Å². The summed E-state index contributed by atoms with van der Waals surface area (Å²) in [7, 11) is 0. The molecule has 0 fully saturated rings. The van der Waals surface area contributed by atoms with Crippen molar-refractivity contribution in [2.75, 3.05) is 0 Å². The summed E-state index contributed by atoms with van der Waals surface area (Å²) in [5.74, 6) is -0.956. The summed E-state index contributed by atoms with van der Waals surface area (Å²) in [5, 5.41) is 19.9. The molecule has 0 unspecified atom stereocenters. The van der Waals surface area contributed by atoms with E-state index in [-0.39, 0.29) is 23.7 Å². The van der Waals surface area contributed by atoms with E-state index in [1.165, 1.54) is 18.2 Å². The number of allylic oxidation sites excluding steroid dienone is 1. The standard InChI is InChI=1S/C21H14ClFN4O2/c1-11-16(22)5-4-15-14(9-25-19(11)15)7-18-20(28)27(21(29)26-18)10-12-2-3-13(8-24)17(23)6-12/h2-7,9,28H,10H2,1H3,(H,26,29). The van der Waals surface area contributed by atoms with E-state index in [2.05, 4.69) is 9.98 Å². The summed E-state index contributed by atoms with van der Waals surface area (Å²) in [4.78, 5) is 19.3. The maximum Gasteiger partial charge on any atom is 0.329 e. The lowest BCUT2D eigenvalue weighted by Crippen LogP contribution is -2.17. The van der Waals surface area contributed by atoms with Gasteiger partial charge in [0, 0.05) is 22.4 Å². The van der Waals surface area contributed by atoms with Gasteiger partial charge in [0.15, 0.2) is 0 Å². The van der Waals surface area contributed by atoms with Gasteiger partial charge in [-0.1, -0.05) is 23.7 Å². The van der Waals surface area contributed by atoms with Crippen molar-refractivity contribution in [1.29, 1.82) is 5.26 Å². The Hall–Kier alpha value is -3.63. The van der Waals surface area contributed by atoms with Crippen molar-refractivity contribution in [1.82, 2.24) is 9.55 Å². The summed E-state index contributed by atoms with van der Waals surface area (Å²) in [6.45, 7) is 1.82. The lowest BCUT2D eigenvalue weighted by atomic mass is 10.0. The molecule has 0 amide bonds. The van der Waals surface area contributed by atoms with E-state index < -0.39 is 11.5 Å². The molecule has 0 bridgehead atoms. The summed E-state index contributed by atoms with van der Waals surface area (Å²) >= 11 is 6.13. The van der Waals surface area contributed by atoms with Crippen LogP contribution < -0.4 is 5.69 Å². The number of aliphatic imine (C=N–C) groups is 1. The predicted octanol–water partition coefficient (Wildman–Crippen LogP) is 4.16. The van der Waals surface area contributed by atoms with E-state index in [0.29, 0.717) is 16.2 Å². The van der Waals surface area contributed by atoms with Crippen LogP contribution in [0.4, 0.5) is 10.1 Å². The SMILES string of the molecule is Cc1c(Cl)ccc2c1N=CC2=Cc1[nH]c(=O)n(Cc2ccc(C#N)c(F)c2)c1O. The van der Waals surface area contributed by atoms with Crippen molar-refractivity contribution in [3.8, 4) is 11.9 Å². The number of hydrogen-bond acceptors (Lipinski definition) is 4. The fourth-order valence-electron chi connectivity index (χ4n) is 3.21. The van der Waals surface area contributed by atoms with Crippen LogP contribution in [-0.2, 0) is 6.54 Å². The molecule has 1 aromatic heterocycles. The first-order valence-corrected chi connectivity index (χ1v) is 9.02. The van der Waals surface area contributed by atoms with Crippen LogP contribution in [-0.4, -0.2) is 20.9 Å². The Morgan fingerprint density at radius 3 is 2.90 bits per heavy atom. The smallest absolute Gasteiger partial charge is 0.329 e. The van der Waals surface area contributed by atoms with Crippen LogP contribution in [0, 0.1) is 24.1 Å². The second-order valence-electron chi connectivity index (χ2n) is 6.61. The number of aromatic hydroxyl groups is 1. The van der Waals surface area contributed by atoms with Crippen LogP contribution in [0.1, 0.15) is 27.9 Å². The van der Waals surface area contributed by atoms with Gasteiger partial charge in [-0.25, -0.2) is 9.18 Å². The number of benzene rings is 2. The first-order chi connectivity index (χ1) is 13.9. The number of hydrogen-bond donors (Lipinski definition) is 2. The lowest BCUT2D eigenvalue weighted by Gasteiger charge is -2.05. The molecule has 1 aliphatic heterocycles. The van der Waals surface area contributed by atoms with Crippen LogP contribution in [0.3, 0.4) is 0 Å². The highest BCUT2D eigenvalue weighted by Crippen LogP contribution is 2.38. The van der Waals surface area contributed by atoms with Crippen molar-refractivity contribution >= 4 is 35.2 Å². The predicted molar refractivity (Wildman–Crippen MR) is 109 cm³/mol. The fourth-order valence-corrected chi connectivity index (χ4v) is 3.36. The Morgan fingerprint density at radius 1 is 1.38 bits per heavy atom. The van der Waals surface area contributed by atoms with Gasteiger partial charge in [-0.15, -0.1) is 0 Å². The Bertz CT molecular complexity index is 1310.